The maximum atomic E-state index is 13.8. The van der Waals surface area contributed by atoms with Crippen molar-refractivity contribution < 1.29 is 9.18 Å². The molecule has 0 bridgehead atoms. The van der Waals surface area contributed by atoms with Gasteiger partial charge in [-0.05, 0) is 31.0 Å². The number of carbonyl (C=O) groups is 1. The molecule has 5 heteroatoms. The average Bonchev–Trinajstić information content (AvgIpc) is 2.87. The number of rotatable bonds is 2. The van der Waals surface area contributed by atoms with Gasteiger partial charge in [0.1, 0.15) is 11.2 Å². The summed E-state index contributed by atoms with van der Waals surface area (Å²) in [5.74, 6) is -0.900. The molecule has 1 fully saturated rings. The van der Waals surface area contributed by atoms with Crippen LogP contribution in [-0.4, -0.2) is 13.0 Å². The van der Waals surface area contributed by atoms with Crippen molar-refractivity contribution in [2.24, 2.45) is 5.41 Å². The van der Waals surface area contributed by atoms with E-state index in [0.717, 1.165) is 18.9 Å². The Hall–Kier alpha value is -1.60. The molecule has 0 unspecified atom stereocenters. The van der Waals surface area contributed by atoms with Gasteiger partial charge in [0.05, 0.1) is 11.8 Å². The molecule has 0 radical (unpaired) electrons. The van der Waals surface area contributed by atoms with Gasteiger partial charge in [-0.25, -0.2) is 4.39 Å². The lowest BCUT2D eigenvalue weighted by atomic mass is 9.86. The zero-order chi connectivity index (χ0) is 14.0. The van der Waals surface area contributed by atoms with E-state index >= 15 is 0 Å². The Labute approximate surface area is 116 Å². The highest BCUT2D eigenvalue weighted by molar-refractivity contribution is 6.30. The van der Waals surface area contributed by atoms with Crippen molar-refractivity contribution in [2.45, 2.75) is 25.7 Å². The lowest BCUT2D eigenvalue weighted by molar-refractivity contribution is -0.125. The predicted octanol–water partition coefficient (Wildman–Crippen LogP) is 3.53. The Morgan fingerprint density at radius 2 is 2.11 bits per heavy atom. The van der Waals surface area contributed by atoms with Gasteiger partial charge in [0, 0.05) is 12.1 Å². The van der Waals surface area contributed by atoms with Crippen molar-refractivity contribution in [2.75, 3.05) is 11.9 Å². The third kappa shape index (κ3) is 2.43. The second kappa shape index (κ2) is 5.18. The SMILES string of the molecule is CN(C(=O)C1(C#N)CCCC1)c1ccc(Cl)cc1F. The topological polar surface area (TPSA) is 44.1 Å². The van der Waals surface area contributed by atoms with Gasteiger partial charge in [0.15, 0.2) is 0 Å². The molecule has 1 aromatic carbocycles. The second-order valence-corrected chi connectivity index (χ2v) is 5.30. The summed E-state index contributed by atoms with van der Waals surface area (Å²) in [5.41, 5.74) is -0.850. The summed E-state index contributed by atoms with van der Waals surface area (Å²) in [7, 11) is 1.49. The van der Waals surface area contributed by atoms with E-state index in [-0.39, 0.29) is 16.6 Å². The van der Waals surface area contributed by atoms with E-state index in [1.54, 1.807) is 0 Å². The van der Waals surface area contributed by atoms with Gasteiger partial charge in [-0.2, -0.15) is 5.26 Å². The molecule has 0 saturated heterocycles. The number of hydrogen-bond donors (Lipinski definition) is 0. The largest absolute Gasteiger partial charge is 0.311 e. The molecular formula is C14H14ClFN2O. The normalized spacial score (nSPS) is 16.9. The van der Waals surface area contributed by atoms with Gasteiger partial charge < -0.3 is 4.90 Å². The average molecular weight is 281 g/mol. The first-order valence-corrected chi connectivity index (χ1v) is 6.52. The van der Waals surface area contributed by atoms with Crippen LogP contribution in [0.3, 0.4) is 0 Å². The molecule has 1 aliphatic rings. The fourth-order valence-electron chi connectivity index (χ4n) is 2.54. The molecule has 0 atom stereocenters. The monoisotopic (exact) mass is 280 g/mol. The summed E-state index contributed by atoms with van der Waals surface area (Å²) in [6.45, 7) is 0. The van der Waals surface area contributed by atoms with Crippen LogP contribution in [0.15, 0.2) is 18.2 Å². The molecule has 0 aliphatic heterocycles. The van der Waals surface area contributed by atoms with Crippen molar-refractivity contribution in [1.82, 2.24) is 0 Å². The molecule has 0 heterocycles. The lowest BCUT2D eigenvalue weighted by Gasteiger charge is -2.26. The summed E-state index contributed by atoms with van der Waals surface area (Å²) in [5, 5.41) is 9.56. The summed E-state index contributed by atoms with van der Waals surface area (Å²) >= 11 is 5.69. The van der Waals surface area contributed by atoms with Gasteiger partial charge in [-0.3, -0.25) is 4.79 Å². The van der Waals surface area contributed by atoms with Crippen LogP contribution in [0.25, 0.3) is 0 Å². The van der Waals surface area contributed by atoms with Crippen molar-refractivity contribution in [3.63, 3.8) is 0 Å². The Bertz CT molecular complexity index is 547. The first-order chi connectivity index (χ1) is 9.00. The lowest BCUT2D eigenvalue weighted by Crippen LogP contribution is -2.40. The Balaban J connectivity index is 2.31. The van der Waals surface area contributed by atoms with E-state index in [2.05, 4.69) is 6.07 Å². The molecule has 100 valence electrons. The summed E-state index contributed by atoms with van der Waals surface area (Å²) in [6, 6.07) is 6.26. The van der Waals surface area contributed by atoms with Crippen LogP contribution < -0.4 is 4.90 Å². The maximum absolute atomic E-state index is 13.8. The maximum Gasteiger partial charge on any atom is 0.247 e. The minimum atomic E-state index is -0.999. The Kier molecular flexibility index (Phi) is 3.77. The molecule has 19 heavy (non-hydrogen) atoms. The number of halogens is 2. The number of anilines is 1. The molecule has 0 aromatic heterocycles. The third-order valence-corrected chi connectivity index (χ3v) is 3.89. The standard InChI is InChI=1S/C14H14ClFN2O/c1-18(12-5-4-10(15)8-11(12)16)13(19)14(9-17)6-2-3-7-14/h4-5,8H,2-3,6-7H2,1H3. The molecule has 0 spiro atoms. The van der Waals surface area contributed by atoms with Gasteiger partial charge in [0.25, 0.3) is 0 Å². The molecule has 1 aromatic rings. The molecule has 0 N–H and O–H groups in total. The van der Waals surface area contributed by atoms with E-state index < -0.39 is 11.2 Å². The minimum absolute atomic E-state index is 0.149. The van der Waals surface area contributed by atoms with Gasteiger partial charge in [-0.15, -0.1) is 0 Å². The number of nitrogens with zero attached hydrogens (tertiary/aromatic N) is 2. The van der Waals surface area contributed by atoms with Gasteiger partial charge in [0.2, 0.25) is 5.91 Å². The number of benzene rings is 1. The number of amides is 1. The zero-order valence-electron chi connectivity index (χ0n) is 10.6. The van der Waals surface area contributed by atoms with Crippen LogP contribution in [0.5, 0.6) is 0 Å². The third-order valence-electron chi connectivity index (χ3n) is 3.66. The van der Waals surface area contributed by atoms with Crippen molar-refractivity contribution in [3.05, 3.63) is 29.0 Å². The van der Waals surface area contributed by atoms with Gasteiger partial charge >= 0.3 is 0 Å². The highest BCUT2D eigenvalue weighted by atomic mass is 35.5. The zero-order valence-corrected chi connectivity index (χ0v) is 11.4. The van der Waals surface area contributed by atoms with Crippen LogP contribution in [0.1, 0.15) is 25.7 Å². The smallest absolute Gasteiger partial charge is 0.247 e. The highest BCUT2D eigenvalue weighted by Crippen LogP contribution is 2.40. The Morgan fingerprint density at radius 1 is 1.47 bits per heavy atom. The van der Waals surface area contributed by atoms with E-state index in [4.69, 9.17) is 11.6 Å². The number of carbonyl (C=O) groups excluding carboxylic acids is 1. The van der Waals surface area contributed by atoms with E-state index in [1.165, 1.54) is 24.1 Å². The van der Waals surface area contributed by atoms with Crippen LogP contribution in [0.4, 0.5) is 10.1 Å². The molecule has 3 nitrogen and oxygen atoms in total. The van der Waals surface area contributed by atoms with Crippen molar-refractivity contribution >= 4 is 23.2 Å². The molecule has 1 aliphatic carbocycles. The number of hydrogen-bond acceptors (Lipinski definition) is 2. The van der Waals surface area contributed by atoms with E-state index in [1.807, 2.05) is 0 Å². The second-order valence-electron chi connectivity index (χ2n) is 4.86. The molecule has 1 amide bonds. The van der Waals surface area contributed by atoms with E-state index in [0.29, 0.717) is 12.8 Å². The molecular weight excluding hydrogens is 267 g/mol. The predicted molar refractivity (Wildman–Crippen MR) is 71.3 cm³/mol. The van der Waals surface area contributed by atoms with Crippen molar-refractivity contribution in [3.8, 4) is 6.07 Å². The fraction of sp³-hybridized carbons (Fsp3) is 0.429. The van der Waals surface area contributed by atoms with Crippen LogP contribution in [0, 0.1) is 22.6 Å². The van der Waals surface area contributed by atoms with Crippen LogP contribution in [0.2, 0.25) is 5.02 Å². The first-order valence-electron chi connectivity index (χ1n) is 6.15. The van der Waals surface area contributed by atoms with Gasteiger partial charge in [-0.1, -0.05) is 24.4 Å². The summed E-state index contributed by atoms with van der Waals surface area (Å²) < 4.78 is 13.8. The van der Waals surface area contributed by atoms with E-state index in [9.17, 15) is 14.4 Å². The highest BCUT2D eigenvalue weighted by Gasteiger charge is 2.43. The fourth-order valence-corrected chi connectivity index (χ4v) is 2.69. The Morgan fingerprint density at radius 3 is 2.63 bits per heavy atom. The van der Waals surface area contributed by atoms with Crippen LogP contribution in [-0.2, 0) is 4.79 Å². The molecule has 1 saturated carbocycles. The first kappa shape index (κ1) is 13.8. The van der Waals surface area contributed by atoms with Crippen LogP contribution >= 0.6 is 11.6 Å². The van der Waals surface area contributed by atoms with Crippen molar-refractivity contribution in [1.29, 1.82) is 5.26 Å². The summed E-state index contributed by atoms with van der Waals surface area (Å²) in [6.07, 6.45) is 2.80. The quantitative estimate of drug-likeness (QED) is 0.832. The minimum Gasteiger partial charge on any atom is -0.311 e. The molecule has 2 rings (SSSR count). The number of nitriles is 1. The summed E-state index contributed by atoms with van der Waals surface area (Å²) in [4.78, 5) is 13.7.